The Morgan fingerprint density at radius 3 is 2.40 bits per heavy atom. The van der Waals surface area contributed by atoms with Crippen molar-refractivity contribution >= 4 is 27.5 Å². The Balaban J connectivity index is 1.87. The van der Waals surface area contributed by atoms with Crippen molar-refractivity contribution in [1.82, 2.24) is 9.62 Å². The summed E-state index contributed by atoms with van der Waals surface area (Å²) >= 11 is 5.95. The van der Waals surface area contributed by atoms with E-state index in [-0.39, 0.29) is 34.2 Å². The second-order valence-corrected chi connectivity index (χ2v) is 9.73. The molecule has 1 amide bonds. The van der Waals surface area contributed by atoms with Gasteiger partial charge in [-0.1, -0.05) is 36.6 Å². The van der Waals surface area contributed by atoms with Gasteiger partial charge in [-0.15, -0.1) is 0 Å². The van der Waals surface area contributed by atoms with Crippen LogP contribution in [0.5, 0.6) is 5.75 Å². The summed E-state index contributed by atoms with van der Waals surface area (Å²) < 4.78 is 34.0. The van der Waals surface area contributed by atoms with Crippen molar-refractivity contribution in [3.8, 4) is 5.75 Å². The summed E-state index contributed by atoms with van der Waals surface area (Å²) in [5.74, 6) is -0.0668. The standard InChI is InChI=1S/C22H27ClN2O4S/c1-15(16-8-11-18(23)12-9-16)25(2)22(26)17-10-13-20(29-3)21(14-17)30(27,28)24-19-6-4-5-7-19/h8-15,19,24H,4-7H2,1-3H3. The monoisotopic (exact) mass is 450 g/mol. The molecule has 1 unspecified atom stereocenters. The fourth-order valence-corrected chi connectivity index (χ4v) is 5.32. The molecule has 2 aromatic rings. The predicted molar refractivity (Wildman–Crippen MR) is 118 cm³/mol. The van der Waals surface area contributed by atoms with Crippen molar-refractivity contribution < 1.29 is 17.9 Å². The highest BCUT2D eigenvalue weighted by Crippen LogP contribution is 2.29. The molecule has 0 aromatic heterocycles. The highest BCUT2D eigenvalue weighted by atomic mass is 35.5. The molecule has 6 nitrogen and oxygen atoms in total. The van der Waals surface area contributed by atoms with Gasteiger partial charge in [-0.05, 0) is 55.7 Å². The van der Waals surface area contributed by atoms with Crippen LogP contribution in [0.2, 0.25) is 5.02 Å². The van der Waals surface area contributed by atoms with Gasteiger partial charge in [-0.3, -0.25) is 4.79 Å². The fourth-order valence-electron chi connectivity index (χ4n) is 3.69. The van der Waals surface area contributed by atoms with Crippen LogP contribution in [0.25, 0.3) is 0 Å². The van der Waals surface area contributed by atoms with Crippen LogP contribution in [0.1, 0.15) is 54.6 Å². The van der Waals surface area contributed by atoms with E-state index >= 15 is 0 Å². The molecule has 1 fully saturated rings. The first-order valence-corrected chi connectivity index (χ1v) is 11.8. The van der Waals surface area contributed by atoms with Crippen LogP contribution in [-0.4, -0.2) is 39.4 Å². The summed E-state index contributed by atoms with van der Waals surface area (Å²) in [6, 6.07) is 11.5. The van der Waals surface area contributed by atoms with E-state index in [1.807, 2.05) is 19.1 Å². The van der Waals surface area contributed by atoms with Gasteiger partial charge in [0.15, 0.2) is 0 Å². The maximum absolute atomic E-state index is 13.1. The van der Waals surface area contributed by atoms with Crippen molar-refractivity contribution in [2.45, 2.75) is 49.6 Å². The van der Waals surface area contributed by atoms with Gasteiger partial charge in [0.25, 0.3) is 5.91 Å². The molecule has 0 spiro atoms. The number of carbonyl (C=O) groups excluding carboxylic acids is 1. The molecule has 30 heavy (non-hydrogen) atoms. The summed E-state index contributed by atoms with van der Waals surface area (Å²) in [6.45, 7) is 1.91. The summed E-state index contributed by atoms with van der Waals surface area (Å²) in [5, 5.41) is 0.625. The zero-order chi connectivity index (χ0) is 21.9. The Kier molecular flexibility index (Phi) is 7.06. The van der Waals surface area contributed by atoms with Crippen LogP contribution >= 0.6 is 11.6 Å². The molecule has 8 heteroatoms. The van der Waals surface area contributed by atoms with Crippen molar-refractivity contribution in [3.05, 3.63) is 58.6 Å². The molecule has 2 aromatic carbocycles. The minimum atomic E-state index is -3.81. The number of methoxy groups -OCH3 is 1. The molecule has 3 rings (SSSR count). The first-order chi connectivity index (χ1) is 14.2. The highest BCUT2D eigenvalue weighted by Gasteiger charge is 2.28. The van der Waals surface area contributed by atoms with Crippen LogP contribution in [0.3, 0.4) is 0 Å². The smallest absolute Gasteiger partial charge is 0.254 e. The predicted octanol–water partition coefficient (Wildman–Crippen LogP) is 4.40. The van der Waals surface area contributed by atoms with E-state index in [4.69, 9.17) is 16.3 Å². The van der Waals surface area contributed by atoms with Crippen LogP contribution in [0.4, 0.5) is 0 Å². The molecule has 162 valence electrons. The van der Waals surface area contributed by atoms with Crippen molar-refractivity contribution in [2.75, 3.05) is 14.2 Å². The number of sulfonamides is 1. The largest absolute Gasteiger partial charge is 0.495 e. The molecular weight excluding hydrogens is 424 g/mol. The first-order valence-electron chi connectivity index (χ1n) is 9.96. The third kappa shape index (κ3) is 4.96. The van der Waals surface area contributed by atoms with E-state index < -0.39 is 10.0 Å². The van der Waals surface area contributed by atoms with Gasteiger partial charge in [-0.2, -0.15) is 0 Å². The number of amides is 1. The van der Waals surface area contributed by atoms with Crippen LogP contribution in [-0.2, 0) is 10.0 Å². The summed E-state index contributed by atoms with van der Waals surface area (Å²) in [7, 11) is -0.698. The third-order valence-corrected chi connectivity index (χ3v) is 7.42. The van der Waals surface area contributed by atoms with Gasteiger partial charge in [0.05, 0.1) is 13.2 Å². The molecule has 1 aliphatic rings. The van der Waals surface area contributed by atoms with E-state index in [0.29, 0.717) is 5.02 Å². The molecule has 0 aliphatic heterocycles. The van der Waals surface area contributed by atoms with Gasteiger partial charge in [0.1, 0.15) is 10.6 Å². The van der Waals surface area contributed by atoms with Crippen molar-refractivity contribution in [2.24, 2.45) is 0 Å². The van der Waals surface area contributed by atoms with Gasteiger partial charge in [0.2, 0.25) is 10.0 Å². The number of benzene rings is 2. The second-order valence-electron chi connectivity index (χ2n) is 7.61. The number of ether oxygens (including phenoxy) is 1. The lowest BCUT2D eigenvalue weighted by molar-refractivity contribution is 0.0742. The Morgan fingerprint density at radius 2 is 1.80 bits per heavy atom. The van der Waals surface area contributed by atoms with Gasteiger partial charge < -0.3 is 9.64 Å². The number of hydrogen-bond donors (Lipinski definition) is 1. The molecule has 0 bridgehead atoms. The van der Waals surface area contributed by atoms with Crippen LogP contribution in [0, 0.1) is 0 Å². The number of halogens is 1. The number of nitrogens with one attached hydrogen (secondary N) is 1. The Labute approximate surface area is 183 Å². The third-order valence-electron chi connectivity index (χ3n) is 5.63. The van der Waals surface area contributed by atoms with E-state index in [1.165, 1.54) is 19.2 Å². The summed E-state index contributed by atoms with van der Waals surface area (Å²) in [5.41, 5.74) is 1.21. The number of nitrogens with zero attached hydrogens (tertiary/aromatic N) is 1. The van der Waals surface area contributed by atoms with Gasteiger partial charge in [0, 0.05) is 23.7 Å². The van der Waals surface area contributed by atoms with Crippen molar-refractivity contribution in [1.29, 1.82) is 0 Å². The molecule has 1 saturated carbocycles. The van der Waals surface area contributed by atoms with Crippen LogP contribution < -0.4 is 9.46 Å². The Bertz CT molecular complexity index is 1000. The molecule has 1 N–H and O–H groups in total. The topological polar surface area (TPSA) is 75.7 Å². The fraction of sp³-hybridized carbons (Fsp3) is 0.409. The van der Waals surface area contributed by atoms with Crippen molar-refractivity contribution in [3.63, 3.8) is 0 Å². The SMILES string of the molecule is COc1ccc(C(=O)N(C)C(C)c2ccc(Cl)cc2)cc1S(=O)(=O)NC1CCCC1. The minimum absolute atomic E-state index is 0.0182. The van der Waals surface area contributed by atoms with E-state index in [2.05, 4.69) is 4.72 Å². The van der Waals surface area contributed by atoms with Gasteiger partial charge >= 0.3 is 0 Å². The molecule has 0 heterocycles. The normalized spacial score (nSPS) is 15.7. The van der Waals surface area contributed by atoms with E-state index in [1.54, 1.807) is 30.1 Å². The zero-order valence-corrected chi connectivity index (χ0v) is 19.0. The first kappa shape index (κ1) is 22.6. The van der Waals surface area contributed by atoms with Crippen LogP contribution in [0.15, 0.2) is 47.4 Å². The van der Waals surface area contributed by atoms with E-state index in [0.717, 1.165) is 31.2 Å². The quantitative estimate of drug-likeness (QED) is 0.678. The summed E-state index contributed by atoms with van der Waals surface area (Å²) in [4.78, 5) is 14.7. The maximum atomic E-state index is 13.1. The average Bonchev–Trinajstić information content (AvgIpc) is 3.24. The Morgan fingerprint density at radius 1 is 1.17 bits per heavy atom. The molecule has 1 atom stereocenters. The zero-order valence-electron chi connectivity index (χ0n) is 17.4. The number of hydrogen-bond acceptors (Lipinski definition) is 4. The lowest BCUT2D eigenvalue weighted by Crippen LogP contribution is -2.33. The maximum Gasteiger partial charge on any atom is 0.254 e. The lowest BCUT2D eigenvalue weighted by Gasteiger charge is -2.26. The average molecular weight is 451 g/mol. The second kappa shape index (κ2) is 9.37. The minimum Gasteiger partial charge on any atom is -0.495 e. The molecule has 1 aliphatic carbocycles. The number of rotatable bonds is 7. The summed E-state index contributed by atoms with van der Waals surface area (Å²) in [6.07, 6.45) is 3.66. The van der Waals surface area contributed by atoms with Gasteiger partial charge in [-0.25, -0.2) is 13.1 Å². The molecular formula is C22H27ClN2O4S. The highest BCUT2D eigenvalue weighted by molar-refractivity contribution is 7.89. The molecule has 0 saturated heterocycles. The Hall–Kier alpha value is -2.09. The number of carbonyl (C=O) groups is 1. The lowest BCUT2D eigenvalue weighted by atomic mass is 10.1. The molecule has 0 radical (unpaired) electrons. The van der Waals surface area contributed by atoms with E-state index in [9.17, 15) is 13.2 Å².